The lowest BCUT2D eigenvalue weighted by molar-refractivity contribution is 0.947. The second-order valence-electron chi connectivity index (χ2n) is 5.46. The molecule has 1 N–H and O–H groups in total. The second kappa shape index (κ2) is 7.45. The van der Waals surface area contributed by atoms with Crippen LogP contribution >= 0.6 is 15.9 Å². The van der Waals surface area contributed by atoms with E-state index in [0.29, 0.717) is 5.95 Å². The quantitative estimate of drug-likeness (QED) is 0.636. The monoisotopic (exact) mass is 382 g/mol. The van der Waals surface area contributed by atoms with E-state index in [0.717, 1.165) is 28.2 Å². The summed E-state index contributed by atoms with van der Waals surface area (Å²) in [6.07, 6.45) is 1.78. The fourth-order valence-electron chi connectivity index (χ4n) is 2.50. The number of aryl methyl sites for hydroxylation is 1. The zero-order chi connectivity index (χ0) is 16.9. The van der Waals surface area contributed by atoms with Crippen LogP contribution in [0.1, 0.15) is 12.5 Å². The van der Waals surface area contributed by atoms with E-state index in [1.807, 2.05) is 30.3 Å². The molecule has 3 aromatic rings. The number of anilines is 4. The summed E-state index contributed by atoms with van der Waals surface area (Å²) in [5.74, 6) is 1.45. The molecular formula is C19H19BrN4. The smallest absolute Gasteiger partial charge is 0.231 e. The van der Waals surface area contributed by atoms with E-state index >= 15 is 0 Å². The van der Waals surface area contributed by atoms with Crippen LogP contribution in [-0.2, 0) is 0 Å². The standard InChI is InChI=1S/C19H19BrN4/c1-3-24(17-9-4-6-14(2)12-17)19-21-11-10-18(23-19)22-16-8-5-7-15(20)13-16/h4-13H,3H2,1-2H3,(H,21,22,23). The molecule has 4 nitrogen and oxygen atoms in total. The van der Waals surface area contributed by atoms with Crippen LogP contribution < -0.4 is 10.2 Å². The van der Waals surface area contributed by atoms with Crippen molar-refractivity contribution in [3.8, 4) is 0 Å². The molecule has 0 fully saturated rings. The molecule has 1 aromatic heterocycles. The van der Waals surface area contributed by atoms with Gasteiger partial charge in [0.05, 0.1) is 0 Å². The zero-order valence-electron chi connectivity index (χ0n) is 13.7. The fourth-order valence-corrected chi connectivity index (χ4v) is 2.90. The largest absolute Gasteiger partial charge is 0.340 e. The van der Waals surface area contributed by atoms with Crippen LogP contribution in [0, 0.1) is 6.92 Å². The first-order valence-electron chi connectivity index (χ1n) is 7.85. The van der Waals surface area contributed by atoms with Gasteiger partial charge in [-0.25, -0.2) is 4.98 Å². The average Bonchev–Trinajstić information content (AvgIpc) is 2.56. The van der Waals surface area contributed by atoms with Gasteiger partial charge >= 0.3 is 0 Å². The van der Waals surface area contributed by atoms with Crippen molar-refractivity contribution in [2.24, 2.45) is 0 Å². The van der Waals surface area contributed by atoms with Crippen LogP contribution in [-0.4, -0.2) is 16.5 Å². The maximum Gasteiger partial charge on any atom is 0.231 e. The number of hydrogen-bond donors (Lipinski definition) is 1. The first-order valence-corrected chi connectivity index (χ1v) is 8.65. The molecule has 0 aliphatic rings. The van der Waals surface area contributed by atoms with Crippen LogP contribution in [0.25, 0.3) is 0 Å². The normalized spacial score (nSPS) is 10.5. The minimum atomic E-state index is 0.683. The highest BCUT2D eigenvalue weighted by Crippen LogP contribution is 2.25. The molecule has 122 valence electrons. The number of aromatic nitrogens is 2. The minimum absolute atomic E-state index is 0.683. The summed E-state index contributed by atoms with van der Waals surface area (Å²) in [4.78, 5) is 11.2. The van der Waals surface area contributed by atoms with Gasteiger partial charge in [-0.05, 0) is 55.8 Å². The number of nitrogens with zero attached hydrogens (tertiary/aromatic N) is 3. The summed E-state index contributed by atoms with van der Waals surface area (Å²) >= 11 is 3.48. The van der Waals surface area contributed by atoms with Crippen LogP contribution in [0.3, 0.4) is 0 Å². The lowest BCUT2D eigenvalue weighted by Crippen LogP contribution is -2.19. The molecule has 0 spiro atoms. The van der Waals surface area contributed by atoms with Gasteiger partial charge in [-0.2, -0.15) is 4.98 Å². The third-order valence-electron chi connectivity index (χ3n) is 3.61. The van der Waals surface area contributed by atoms with Gasteiger partial charge in [0, 0.05) is 28.6 Å². The lowest BCUT2D eigenvalue weighted by atomic mass is 10.2. The molecule has 0 amide bonds. The van der Waals surface area contributed by atoms with Crippen molar-refractivity contribution in [3.63, 3.8) is 0 Å². The highest BCUT2D eigenvalue weighted by molar-refractivity contribution is 9.10. The van der Waals surface area contributed by atoms with Gasteiger partial charge in [0.2, 0.25) is 5.95 Å². The number of halogens is 1. The molecule has 0 atom stereocenters. The predicted molar refractivity (Wildman–Crippen MR) is 103 cm³/mol. The van der Waals surface area contributed by atoms with Crippen molar-refractivity contribution < 1.29 is 0 Å². The van der Waals surface area contributed by atoms with E-state index in [1.165, 1.54) is 5.56 Å². The van der Waals surface area contributed by atoms with Gasteiger partial charge in [-0.15, -0.1) is 0 Å². The highest BCUT2D eigenvalue weighted by atomic mass is 79.9. The number of benzene rings is 2. The second-order valence-corrected chi connectivity index (χ2v) is 6.38. The van der Waals surface area contributed by atoms with E-state index in [9.17, 15) is 0 Å². The van der Waals surface area contributed by atoms with Gasteiger partial charge in [0.25, 0.3) is 0 Å². The Kier molecular flexibility index (Phi) is 5.11. The van der Waals surface area contributed by atoms with E-state index in [2.05, 4.69) is 74.2 Å². The Balaban J connectivity index is 1.88. The Bertz CT molecular complexity index is 835. The molecule has 5 heteroatoms. The Morgan fingerprint density at radius 1 is 1.08 bits per heavy atom. The zero-order valence-corrected chi connectivity index (χ0v) is 15.3. The van der Waals surface area contributed by atoms with Crippen molar-refractivity contribution >= 4 is 39.1 Å². The van der Waals surface area contributed by atoms with Crippen LogP contribution in [0.4, 0.5) is 23.1 Å². The summed E-state index contributed by atoms with van der Waals surface area (Å²) < 4.78 is 1.02. The molecular weight excluding hydrogens is 364 g/mol. The summed E-state index contributed by atoms with van der Waals surface area (Å²) in [6.45, 7) is 4.98. The predicted octanol–water partition coefficient (Wildman–Crippen LogP) is 5.45. The molecule has 0 aliphatic heterocycles. The summed E-state index contributed by atoms with van der Waals surface area (Å²) in [6, 6.07) is 18.2. The van der Waals surface area contributed by atoms with E-state index < -0.39 is 0 Å². The van der Waals surface area contributed by atoms with Crippen molar-refractivity contribution in [1.29, 1.82) is 0 Å². The SMILES string of the molecule is CCN(c1cccc(C)c1)c1nccc(Nc2cccc(Br)c2)n1. The molecule has 0 radical (unpaired) electrons. The van der Waals surface area contributed by atoms with Crippen LogP contribution in [0.2, 0.25) is 0 Å². The molecule has 0 saturated carbocycles. The van der Waals surface area contributed by atoms with Gasteiger partial charge in [-0.3, -0.25) is 0 Å². The topological polar surface area (TPSA) is 41.1 Å². The minimum Gasteiger partial charge on any atom is -0.340 e. The first-order chi connectivity index (χ1) is 11.7. The first kappa shape index (κ1) is 16.5. The van der Waals surface area contributed by atoms with Crippen molar-refractivity contribution in [2.75, 3.05) is 16.8 Å². The molecule has 0 bridgehead atoms. The number of hydrogen-bond acceptors (Lipinski definition) is 4. The van der Waals surface area contributed by atoms with Crippen molar-refractivity contribution in [2.45, 2.75) is 13.8 Å². The number of rotatable bonds is 5. The Hall–Kier alpha value is -2.40. The van der Waals surface area contributed by atoms with E-state index in [1.54, 1.807) is 6.20 Å². The summed E-state index contributed by atoms with van der Waals surface area (Å²) in [7, 11) is 0. The van der Waals surface area contributed by atoms with Gasteiger partial charge in [0.15, 0.2) is 0 Å². The maximum atomic E-state index is 4.66. The van der Waals surface area contributed by atoms with Gasteiger partial charge < -0.3 is 10.2 Å². The lowest BCUT2D eigenvalue weighted by Gasteiger charge is -2.21. The Labute approximate surface area is 150 Å². The van der Waals surface area contributed by atoms with Crippen LogP contribution in [0.15, 0.2) is 65.3 Å². The summed E-state index contributed by atoms with van der Waals surface area (Å²) in [5, 5.41) is 3.32. The fraction of sp³-hybridized carbons (Fsp3) is 0.158. The van der Waals surface area contributed by atoms with E-state index in [4.69, 9.17) is 0 Å². The van der Waals surface area contributed by atoms with Gasteiger partial charge in [0.1, 0.15) is 5.82 Å². The third-order valence-corrected chi connectivity index (χ3v) is 4.10. The van der Waals surface area contributed by atoms with Crippen molar-refractivity contribution in [3.05, 3.63) is 70.8 Å². The Morgan fingerprint density at radius 2 is 1.92 bits per heavy atom. The molecule has 0 aliphatic carbocycles. The van der Waals surface area contributed by atoms with Gasteiger partial charge in [-0.1, -0.05) is 34.1 Å². The molecule has 24 heavy (non-hydrogen) atoms. The third kappa shape index (κ3) is 3.92. The Morgan fingerprint density at radius 3 is 2.67 bits per heavy atom. The molecule has 0 unspecified atom stereocenters. The summed E-state index contributed by atoms with van der Waals surface area (Å²) in [5.41, 5.74) is 3.29. The average molecular weight is 383 g/mol. The maximum absolute atomic E-state index is 4.66. The molecule has 1 heterocycles. The van der Waals surface area contributed by atoms with Crippen molar-refractivity contribution in [1.82, 2.24) is 9.97 Å². The highest BCUT2D eigenvalue weighted by Gasteiger charge is 2.11. The molecule has 3 rings (SSSR count). The van der Waals surface area contributed by atoms with Crippen LogP contribution in [0.5, 0.6) is 0 Å². The molecule has 2 aromatic carbocycles. The van der Waals surface area contributed by atoms with E-state index in [-0.39, 0.29) is 0 Å². The molecule has 0 saturated heterocycles. The number of nitrogens with one attached hydrogen (secondary N) is 1.